The lowest BCUT2D eigenvalue weighted by molar-refractivity contribution is 0.103. The van der Waals surface area contributed by atoms with Crippen LogP contribution in [0, 0.1) is 11.8 Å². The normalized spacial score (nSPS) is 56.7. The van der Waals surface area contributed by atoms with E-state index in [-0.39, 0.29) is 6.10 Å². The zero-order valence-corrected chi connectivity index (χ0v) is 5.46. The molecule has 0 aromatic rings. The van der Waals surface area contributed by atoms with Crippen LogP contribution in [0.25, 0.3) is 0 Å². The van der Waals surface area contributed by atoms with E-state index in [2.05, 4.69) is 0 Å². The zero-order chi connectivity index (χ0) is 6.43. The molecule has 9 heavy (non-hydrogen) atoms. The second kappa shape index (κ2) is 1.70. The maximum Gasteiger partial charge on any atom is 0.0585 e. The van der Waals surface area contributed by atoms with E-state index in [0.29, 0.717) is 12.0 Å². The van der Waals surface area contributed by atoms with Crippen LogP contribution in [0.2, 0.25) is 0 Å². The molecule has 2 aliphatic rings. The van der Waals surface area contributed by atoms with E-state index in [1.165, 1.54) is 6.42 Å². The molecule has 2 fully saturated rings. The first-order valence-corrected chi connectivity index (χ1v) is 3.71. The van der Waals surface area contributed by atoms with Crippen LogP contribution in [0.15, 0.2) is 0 Å². The topological polar surface area (TPSA) is 46.2 Å². The lowest BCUT2D eigenvalue weighted by atomic mass is 9.94. The number of aliphatic hydroxyl groups is 1. The summed E-state index contributed by atoms with van der Waals surface area (Å²) in [6.45, 7) is 0. The monoisotopic (exact) mass is 127 g/mol. The number of hydrogen-bond acceptors (Lipinski definition) is 2. The maximum atomic E-state index is 9.31. The molecule has 0 aromatic heterocycles. The Morgan fingerprint density at radius 1 is 1.22 bits per heavy atom. The van der Waals surface area contributed by atoms with Crippen LogP contribution in [0.1, 0.15) is 19.3 Å². The van der Waals surface area contributed by atoms with Gasteiger partial charge >= 0.3 is 0 Å². The number of hydrogen-bond donors (Lipinski definition) is 2. The van der Waals surface area contributed by atoms with Crippen molar-refractivity contribution in [3.05, 3.63) is 0 Å². The summed E-state index contributed by atoms with van der Waals surface area (Å²) in [7, 11) is 0. The Morgan fingerprint density at radius 3 is 2.33 bits per heavy atom. The molecule has 0 heterocycles. The van der Waals surface area contributed by atoms with E-state index in [9.17, 15) is 5.11 Å². The van der Waals surface area contributed by atoms with Crippen LogP contribution >= 0.6 is 0 Å². The molecule has 0 amide bonds. The second-order valence-electron chi connectivity index (χ2n) is 3.47. The van der Waals surface area contributed by atoms with Gasteiger partial charge in [0.25, 0.3) is 0 Å². The number of aliphatic hydroxyl groups excluding tert-OH is 1. The van der Waals surface area contributed by atoms with Crippen molar-refractivity contribution in [1.82, 2.24) is 0 Å². The minimum atomic E-state index is -0.0706. The quantitative estimate of drug-likeness (QED) is 0.485. The first-order valence-electron chi connectivity index (χ1n) is 3.71. The first-order chi connectivity index (χ1) is 4.27. The van der Waals surface area contributed by atoms with Crippen LogP contribution in [0.4, 0.5) is 0 Å². The van der Waals surface area contributed by atoms with Crippen molar-refractivity contribution in [2.45, 2.75) is 31.4 Å². The van der Waals surface area contributed by atoms with Crippen LogP contribution in [0.3, 0.4) is 0 Å². The summed E-state index contributed by atoms with van der Waals surface area (Å²) < 4.78 is 0. The molecule has 4 atom stereocenters. The molecule has 0 spiro atoms. The Labute approximate surface area is 55.1 Å². The van der Waals surface area contributed by atoms with Crippen LogP contribution < -0.4 is 5.73 Å². The molecular formula is C7H13NO. The molecular weight excluding hydrogens is 114 g/mol. The Morgan fingerprint density at radius 2 is 2.00 bits per heavy atom. The molecule has 3 N–H and O–H groups in total. The summed E-state index contributed by atoms with van der Waals surface area (Å²) in [5.74, 6) is 1.19. The molecule has 0 radical (unpaired) electrons. The van der Waals surface area contributed by atoms with Crippen LogP contribution in [-0.4, -0.2) is 17.3 Å². The fourth-order valence-corrected chi connectivity index (χ4v) is 2.37. The first kappa shape index (κ1) is 5.69. The lowest BCUT2D eigenvalue weighted by Crippen LogP contribution is -2.34. The molecule has 2 rings (SSSR count). The average molecular weight is 127 g/mol. The van der Waals surface area contributed by atoms with Gasteiger partial charge in [0.2, 0.25) is 0 Å². The number of nitrogens with two attached hydrogens (primary N) is 1. The van der Waals surface area contributed by atoms with Crippen molar-refractivity contribution >= 4 is 0 Å². The van der Waals surface area contributed by atoms with Gasteiger partial charge in [-0.05, 0) is 25.2 Å². The van der Waals surface area contributed by atoms with Crippen molar-refractivity contribution in [3.63, 3.8) is 0 Å². The molecule has 2 bridgehead atoms. The van der Waals surface area contributed by atoms with Gasteiger partial charge in [-0.2, -0.15) is 0 Å². The summed E-state index contributed by atoms with van der Waals surface area (Å²) >= 11 is 0. The fourth-order valence-electron chi connectivity index (χ4n) is 2.37. The Hall–Kier alpha value is -0.0800. The minimum Gasteiger partial charge on any atom is -0.393 e. The molecule has 0 aromatic carbocycles. The third-order valence-electron chi connectivity index (χ3n) is 2.83. The smallest absolute Gasteiger partial charge is 0.0585 e. The van der Waals surface area contributed by atoms with Crippen molar-refractivity contribution in [2.24, 2.45) is 17.6 Å². The van der Waals surface area contributed by atoms with Crippen LogP contribution in [-0.2, 0) is 0 Å². The Bertz CT molecular complexity index is 114. The highest BCUT2D eigenvalue weighted by atomic mass is 16.3. The average Bonchev–Trinajstić information content (AvgIpc) is 2.22. The molecule has 2 heteroatoms. The van der Waals surface area contributed by atoms with Gasteiger partial charge in [0.1, 0.15) is 0 Å². The zero-order valence-electron chi connectivity index (χ0n) is 5.46. The van der Waals surface area contributed by atoms with E-state index < -0.39 is 0 Å². The maximum absolute atomic E-state index is 9.31. The highest BCUT2D eigenvalue weighted by Gasteiger charge is 2.43. The van der Waals surface area contributed by atoms with Gasteiger partial charge in [-0.25, -0.2) is 0 Å². The third-order valence-corrected chi connectivity index (χ3v) is 2.83. The van der Waals surface area contributed by atoms with E-state index in [4.69, 9.17) is 5.73 Å². The minimum absolute atomic E-state index is 0.0706. The summed E-state index contributed by atoms with van der Waals surface area (Å²) in [4.78, 5) is 0. The summed E-state index contributed by atoms with van der Waals surface area (Å²) in [5.41, 5.74) is 5.75. The van der Waals surface area contributed by atoms with Crippen molar-refractivity contribution in [3.8, 4) is 0 Å². The Balaban J connectivity index is 2.13. The largest absolute Gasteiger partial charge is 0.393 e. The third kappa shape index (κ3) is 0.700. The van der Waals surface area contributed by atoms with Gasteiger partial charge in [0.15, 0.2) is 0 Å². The van der Waals surface area contributed by atoms with Gasteiger partial charge in [-0.1, -0.05) is 0 Å². The lowest BCUT2D eigenvalue weighted by Gasteiger charge is -2.21. The van der Waals surface area contributed by atoms with Crippen LogP contribution in [0.5, 0.6) is 0 Å². The van der Waals surface area contributed by atoms with Crippen molar-refractivity contribution in [1.29, 1.82) is 0 Å². The molecule has 2 nitrogen and oxygen atoms in total. The molecule has 0 unspecified atom stereocenters. The van der Waals surface area contributed by atoms with Gasteiger partial charge in [0, 0.05) is 12.0 Å². The SMILES string of the molecule is N[C@@H]1C[C@@H]2C[C@@H]1[C@H](O)C2. The van der Waals surface area contributed by atoms with Gasteiger partial charge in [0.05, 0.1) is 6.10 Å². The molecule has 52 valence electrons. The highest BCUT2D eigenvalue weighted by molar-refractivity contribution is 4.97. The van der Waals surface area contributed by atoms with E-state index in [1.54, 1.807) is 0 Å². The van der Waals surface area contributed by atoms with E-state index in [1.807, 2.05) is 0 Å². The molecule has 2 aliphatic carbocycles. The predicted molar refractivity (Wildman–Crippen MR) is 34.8 cm³/mol. The van der Waals surface area contributed by atoms with Crippen molar-refractivity contribution in [2.75, 3.05) is 0 Å². The fraction of sp³-hybridized carbons (Fsp3) is 1.00. The van der Waals surface area contributed by atoms with E-state index in [0.717, 1.165) is 18.8 Å². The van der Waals surface area contributed by atoms with Gasteiger partial charge in [-0.15, -0.1) is 0 Å². The molecule has 0 saturated heterocycles. The summed E-state index contributed by atoms with van der Waals surface area (Å²) in [5, 5.41) is 9.31. The Kier molecular flexibility index (Phi) is 1.08. The van der Waals surface area contributed by atoms with Crippen molar-refractivity contribution < 1.29 is 5.11 Å². The standard InChI is InChI=1S/C7H13NO/c8-6-2-4-1-5(6)7(9)3-4/h4-7,9H,1-3,8H2/t4-,5-,6+,7+/m0/s1. The number of rotatable bonds is 0. The molecule has 0 aliphatic heterocycles. The summed E-state index contributed by atoms with van der Waals surface area (Å²) in [6.07, 6.45) is 3.28. The predicted octanol–water partition coefficient (Wildman–Crippen LogP) is 0.104. The van der Waals surface area contributed by atoms with Gasteiger partial charge < -0.3 is 10.8 Å². The number of fused-ring (bicyclic) bond motifs is 2. The summed E-state index contributed by atoms with van der Waals surface area (Å²) in [6, 6.07) is 0.304. The van der Waals surface area contributed by atoms with E-state index >= 15 is 0 Å². The second-order valence-corrected chi connectivity index (χ2v) is 3.47. The van der Waals surface area contributed by atoms with Gasteiger partial charge in [-0.3, -0.25) is 0 Å². The molecule has 2 saturated carbocycles. The highest BCUT2D eigenvalue weighted by Crippen LogP contribution is 2.43.